The molecule has 0 spiro atoms. The lowest BCUT2D eigenvalue weighted by atomic mass is 9.98. The second-order valence-corrected chi connectivity index (χ2v) is 6.74. The van der Waals surface area contributed by atoms with Crippen molar-refractivity contribution in [3.05, 3.63) is 34.9 Å². The first-order valence-electron chi connectivity index (χ1n) is 7.48. The molecule has 3 N–H and O–H groups in total. The summed E-state index contributed by atoms with van der Waals surface area (Å²) in [5, 5.41) is 10.8. The molecule has 0 amide bonds. The van der Waals surface area contributed by atoms with Gasteiger partial charge in [-0.2, -0.15) is 0 Å². The molecule has 4 nitrogen and oxygen atoms in total. The van der Waals surface area contributed by atoms with Crippen molar-refractivity contribution >= 4 is 11.6 Å². The zero-order valence-electron chi connectivity index (χ0n) is 13.0. The number of hydrogen-bond acceptors (Lipinski definition) is 4. The molecule has 2 rings (SSSR count). The smallest absolute Gasteiger partial charge is 0.0682 e. The van der Waals surface area contributed by atoms with Crippen LogP contribution in [0.1, 0.15) is 24.9 Å². The molecule has 1 fully saturated rings. The van der Waals surface area contributed by atoms with Gasteiger partial charge in [-0.1, -0.05) is 29.8 Å². The van der Waals surface area contributed by atoms with Gasteiger partial charge in [-0.05, 0) is 39.1 Å². The first kappa shape index (κ1) is 16.7. The van der Waals surface area contributed by atoms with Gasteiger partial charge < -0.3 is 15.7 Å². The van der Waals surface area contributed by atoms with Crippen molar-refractivity contribution < 1.29 is 5.11 Å². The molecule has 1 aliphatic heterocycles. The van der Waals surface area contributed by atoms with Gasteiger partial charge in [0.15, 0.2) is 0 Å². The number of aliphatic hydroxyl groups is 1. The lowest BCUT2D eigenvalue weighted by Gasteiger charge is -2.37. The van der Waals surface area contributed by atoms with Crippen LogP contribution in [-0.2, 0) is 0 Å². The van der Waals surface area contributed by atoms with Crippen molar-refractivity contribution in [2.75, 3.05) is 27.2 Å². The van der Waals surface area contributed by atoms with E-state index in [-0.39, 0.29) is 18.2 Å². The zero-order chi connectivity index (χ0) is 15.6. The van der Waals surface area contributed by atoms with Crippen LogP contribution in [-0.4, -0.2) is 60.3 Å². The van der Waals surface area contributed by atoms with Crippen molar-refractivity contribution in [2.24, 2.45) is 5.73 Å². The summed E-state index contributed by atoms with van der Waals surface area (Å²) in [4.78, 5) is 4.47. The number of nitrogens with two attached hydrogens (primary N) is 1. The summed E-state index contributed by atoms with van der Waals surface area (Å²) in [6, 6.07) is 8.13. The number of nitrogens with zero attached hydrogens (tertiary/aromatic N) is 2. The van der Waals surface area contributed by atoms with Crippen molar-refractivity contribution in [1.82, 2.24) is 9.80 Å². The molecule has 5 heteroatoms. The van der Waals surface area contributed by atoms with E-state index < -0.39 is 0 Å². The van der Waals surface area contributed by atoms with Crippen molar-refractivity contribution in [2.45, 2.75) is 37.6 Å². The van der Waals surface area contributed by atoms with Crippen LogP contribution < -0.4 is 5.73 Å². The maximum atomic E-state index is 10.1. The molecule has 0 radical (unpaired) electrons. The molecule has 0 bridgehead atoms. The monoisotopic (exact) mass is 311 g/mol. The fourth-order valence-corrected chi connectivity index (χ4v) is 3.58. The Labute approximate surface area is 132 Å². The van der Waals surface area contributed by atoms with Crippen molar-refractivity contribution in [1.29, 1.82) is 0 Å². The van der Waals surface area contributed by atoms with E-state index in [9.17, 15) is 5.11 Å². The Balaban J connectivity index is 2.31. The largest absolute Gasteiger partial charge is 0.392 e. The minimum Gasteiger partial charge on any atom is -0.392 e. The fourth-order valence-electron chi connectivity index (χ4n) is 3.34. The van der Waals surface area contributed by atoms with Gasteiger partial charge in [-0.3, -0.25) is 4.90 Å². The highest BCUT2D eigenvalue weighted by Gasteiger charge is 2.38. The number of rotatable bonds is 5. The Bertz CT molecular complexity index is 467. The van der Waals surface area contributed by atoms with Crippen molar-refractivity contribution in [3.63, 3.8) is 0 Å². The Hall–Kier alpha value is -0.650. The highest BCUT2D eigenvalue weighted by molar-refractivity contribution is 6.31. The number of aliphatic hydroxyl groups excluding tert-OH is 1. The molecule has 4 atom stereocenters. The maximum Gasteiger partial charge on any atom is 0.0682 e. The van der Waals surface area contributed by atoms with E-state index in [0.717, 1.165) is 23.6 Å². The molecule has 21 heavy (non-hydrogen) atoms. The molecular formula is C16H26ClN3O. The minimum absolute atomic E-state index is 0.0285. The molecule has 4 unspecified atom stereocenters. The average molecular weight is 312 g/mol. The van der Waals surface area contributed by atoms with Crippen LogP contribution in [0.5, 0.6) is 0 Å². The molecule has 1 heterocycles. The standard InChI is InChI=1S/C16H26ClN3O/c1-11(18)16(14-6-4-5-7-15(14)17)20-10-13(21)8-12(20)9-19(2)3/h4-7,11-13,16,21H,8-10,18H2,1-3H3. The van der Waals surface area contributed by atoms with Crippen LogP contribution in [0.25, 0.3) is 0 Å². The third-order valence-electron chi connectivity index (χ3n) is 4.09. The number of benzene rings is 1. The normalized spacial score (nSPS) is 26.2. The Morgan fingerprint density at radius 3 is 2.67 bits per heavy atom. The minimum atomic E-state index is -0.293. The second kappa shape index (κ2) is 7.07. The zero-order valence-corrected chi connectivity index (χ0v) is 13.8. The second-order valence-electron chi connectivity index (χ2n) is 6.33. The van der Waals surface area contributed by atoms with Gasteiger partial charge in [0.1, 0.15) is 0 Å². The summed E-state index contributed by atoms with van der Waals surface area (Å²) in [5.74, 6) is 0. The van der Waals surface area contributed by atoms with Crippen LogP contribution in [0.4, 0.5) is 0 Å². The van der Waals surface area contributed by atoms with Crippen LogP contribution >= 0.6 is 11.6 Å². The summed E-state index contributed by atoms with van der Waals surface area (Å²) in [6.07, 6.45) is 0.491. The van der Waals surface area contributed by atoms with Crippen LogP contribution in [0, 0.1) is 0 Å². The molecule has 1 aromatic rings. The quantitative estimate of drug-likeness (QED) is 0.869. The Kier molecular flexibility index (Phi) is 5.63. The van der Waals surface area contributed by atoms with Gasteiger partial charge in [0, 0.05) is 30.2 Å². The summed E-state index contributed by atoms with van der Waals surface area (Å²) in [6.45, 7) is 3.56. The van der Waals surface area contributed by atoms with Gasteiger partial charge in [-0.15, -0.1) is 0 Å². The van der Waals surface area contributed by atoms with E-state index in [2.05, 4.69) is 23.9 Å². The van der Waals surface area contributed by atoms with E-state index in [1.165, 1.54) is 0 Å². The summed E-state index contributed by atoms with van der Waals surface area (Å²) < 4.78 is 0. The van der Waals surface area contributed by atoms with Gasteiger partial charge in [0.2, 0.25) is 0 Å². The highest BCUT2D eigenvalue weighted by Crippen LogP contribution is 2.35. The molecule has 1 saturated heterocycles. The molecule has 0 saturated carbocycles. The van der Waals surface area contributed by atoms with Crippen LogP contribution in [0.2, 0.25) is 5.02 Å². The third-order valence-corrected chi connectivity index (χ3v) is 4.43. The SMILES string of the molecule is CC(N)C(c1ccccc1Cl)N1CC(O)CC1CN(C)C. The summed E-state index contributed by atoms with van der Waals surface area (Å²) >= 11 is 6.38. The van der Waals surface area contributed by atoms with E-state index in [0.29, 0.717) is 12.6 Å². The highest BCUT2D eigenvalue weighted by atomic mass is 35.5. The Morgan fingerprint density at radius 2 is 2.10 bits per heavy atom. The summed E-state index contributed by atoms with van der Waals surface area (Å²) in [5.41, 5.74) is 7.31. The van der Waals surface area contributed by atoms with Crippen molar-refractivity contribution in [3.8, 4) is 0 Å². The maximum absolute atomic E-state index is 10.1. The lowest BCUT2D eigenvalue weighted by molar-refractivity contribution is 0.123. The first-order valence-corrected chi connectivity index (χ1v) is 7.86. The van der Waals surface area contributed by atoms with Gasteiger partial charge in [0.25, 0.3) is 0 Å². The van der Waals surface area contributed by atoms with E-state index >= 15 is 0 Å². The number of β-amino-alcohol motifs (C(OH)–C–C–N with tert-alkyl or cyclic N) is 1. The molecular weight excluding hydrogens is 286 g/mol. The van der Waals surface area contributed by atoms with Gasteiger partial charge >= 0.3 is 0 Å². The lowest BCUT2D eigenvalue weighted by Crippen LogP contribution is -2.45. The van der Waals surface area contributed by atoms with Crippen LogP contribution in [0.15, 0.2) is 24.3 Å². The average Bonchev–Trinajstić information content (AvgIpc) is 2.71. The third kappa shape index (κ3) is 3.96. The molecule has 0 aromatic heterocycles. The molecule has 118 valence electrons. The number of likely N-dealkylation sites (N-methyl/N-ethyl adjacent to an activating group) is 1. The number of hydrogen-bond donors (Lipinski definition) is 2. The predicted octanol–water partition coefficient (Wildman–Crippen LogP) is 1.73. The summed E-state index contributed by atoms with van der Waals surface area (Å²) in [7, 11) is 4.11. The molecule has 1 aliphatic rings. The first-order chi connectivity index (χ1) is 9.90. The van der Waals surface area contributed by atoms with E-state index in [1.54, 1.807) is 0 Å². The van der Waals surface area contributed by atoms with Gasteiger partial charge in [-0.25, -0.2) is 0 Å². The van der Waals surface area contributed by atoms with E-state index in [1.807, 2.05) is 31.2 Å². The fraction of sp³-hybridized carbons (Fsp3) is 0.625. The molecule has 0 aliphatic carbocycles. The Morgan fingerprint density at radius 1 is 1.43 bits per heavy atom. The topological polar surface area (TPSA) is 52.7 Å². The predicted molar refractivity (Wildman–Crippen MR) is 87.5 cm³/mol. The molecule has 1 aromatic carbocycles. The number of halogens is 1. The van der Waals surface area contributed by atoms with Gasteiger partial charge in [0.05, 0.1) is 12.1 Å². The van der Waals surface area contributed by atoms with Crippen LogP contribution in [0.3, 0.4) is 0 Å². The van der Waals surface area contributed by atoms with E-state index in [4.69, 9.17) is 17.3 Å². The number of likely N-dealkylation sites (tertiary alicyclic amines) is 1.